The van der Waals surface area contributed by atoms with Crippen molar-refractivity contribution < 1.29 is 0 Å². The Balaban J connectivity index is 1.81. The molecule has 4 nitrogen and oxygen atoms in total. The van der Waals surface area contributed by atoms with Crippen molar-refractivity contribution in [3.05, 3.63) is 72.0 Å². The average molecular weight is 323 g/mol. The average Bonchev–Trinajstić information content (AvgIpc) is 3.17. The predicted molar refractivity (Wildman–Crippen MR) is 94.8 cm³/mol. The van der Waals surface area contributed by atoms with Crippen LogP contribution in [0.1, 0.15) is 0 Å². The molecule has 0 unspecified atom stereocenters. The Morgan fingerprint density at radius 1 is 1.00 bits per heavy atom. The summed E-state index contributed by atoms with van der Waals surface area (Å²) in [7, 11) is 1.95. The van der Waals surface area contributed by atoms with Gasteiger partial charge in [0.2, 0.25) is 0 Å². The van der Waals surface area contributed by atoms with Gasteiger partial charge in [-0.15, -0.1) is 0 Å². The molecule has 0 aliphatic heterocycles. The Labute approximate surface area is 138 Å². The third kappa shape index (κ3) is 2.58. The smallest absolute Gasteiger partial charge is 0.160 e. The molecule has 0 bridgehead atoms. The van der Waals surface area contributed by atoms with E-state index in [1.165, 1.54) is 0 Å². The molecule has 114 valence electrons. The van der Waals surface area contributed by atoms with Gasteiger partial charge in [-0.05, 0) is 48.5 Å². The number of rotatable bonds is 3. The molecular weight excluding hydrogens is 308 g/mol. The summed E-state index contributed by atoms with van der Waals surface area (Å²) in [6, 6.07) is 18.0. The molecule has 2 aromatic heterocycles. The molecule has 0 spiro atoms. The number of hydrogen-bond acceptors (Lipinski definition) is 2. The van der Waals surface area contributed by atoms with E-state index in [-0.39, 0.29) is 0 Å². The van der Waals surface area contributed by atoms with Gasteiger partial charge in [-0.3, -0.25) is 4.68 Å². The maximum Gasteiger partial charge on any atom is 0.160 e. The second-order valence-electron chi connectivity index (χ2n) is 5.40. The minimum atomic E-state index is 0.697. The van der Waals surface area contributed by atoms with Crippen molar-refractivity contribution in [1.82, 2.24) is 14.3 Å². The number of nitrogens with one attached hydrogen (secondary N) is 1. The molecule has 0 saturated heterocycles. The van der Waals surface area contributed by atoms with E-state index in [9.17, 15) is 0 Å². The fraction of sp³-hybridized carbons (Fsp3) is 0.0556. The zero-order chi connectivity index (χ0) is 15.8. The van der Waals surface area contributed by atoms with E-state index < -0.39 is 0 Å². The molecule has 5 heteroatoms. The lowest BCUT2D eigenvalue weighted by atomic mass is 10.2. The highest BCUT2D eigenvalue weighted by Gasteiger charge is 2.10. The fourth-order valence-corrected chi connectivity index (χ4v) is 2.91. The topological polar surface area (TPSA) is 34.8 Å². The second-order valence-corrected chi connectivity index (χ2v) is 5.84. The summed E-state index contributed by atoms with van der Waals surface area (Å²) in [6.45, 7) is 0. The van der Waals surface area contributed by atoms with Gasteiger partial charge in [-0.2, -0.15) is 5.10 Å². The lowest BCUT2D eigenvalue weighted by Crippen LogP contribution is -1.93. The van der Waals surface area contributed by atoms with E-state index in [0.717, 1.165) is 28.1 Å². The van der Waals surface area contributed by atoms with E-state index in [1.807, 2.05) is 60.5 Å². The van der Waals surface area contributed by atoms with E-state index in [4.69, 9.17) is 11.6 Å². The molecule has 4 aromatic rings. The van der Waals surface area contributed by atoms with Gasteiger partial charge in [0, 0.05) is 41.2 Å². The fourth-order valence-electron chi connectivity index (χ4n) is 2.72. The number of halogens is 1. The van der Waals surface area contributed by atoms with Gasteiger partial charge in [-0.25, -0.2) is 0 Å². The highest BCUT2D eigenvalue weighted by molar-refractivity contribution is 6.30. The Morgan fingerprint density at radius 2 is 1.83 bits per heavy atom. The number of benzene rings is 2. The van der Waals surface area contributed by atoms with Crippen LogP contribution in [0.4, 0.5) is 11.5 Å². The van der Waals surface area contributed by atoms with Crippen molar-refractivity contribution >= 4 is 34.0 Å². The number of aromatic nitrogens is 3. The standard InChI is InChI=1S/C18H15ClN4/c1-22-17-8-7-15(23-9-2-3-10-23)12-16(17)18(21-22)20-14-6-4-5-13(19)11-14/h2-12H,1H3,(H,20,21). The zero-order valence-corrected chi connectivity index (χ0v) is 13.3. The third-order valence-electron chi connectivity index (χ3n) is 3.82. The van der Waals surface area contributed by atoms with Gasteiger partial charge in [0.1, 0.15) is 0 Å². The van der Waals surface area contributed by atoms with Crippen molar-refractivity contribution in [2.24, 2.45) is 7.05 Å². The van der Waals surface area contributed by atoms with Crippen LogP contribution in [0.15, 0.2) is 67.0 Å². The van der Waals surface area contributed by atoms with Gasteiger partial charge in [-0.1, -0.05) is 17.7 Å². The van der Waals surface area contributed by atoms with Crippen LogP contribution in [0.2, 0.25) is 5.02 Å². The largest absolute Gasteiger partial charge is 0.338 e. The Hall–Kier alpha value is -2.72. The lowest BCUT2D eigenvalue weighted by molar-refractivity contribution is 0.801. The Bertz CT molecular complexity index is 970. The van der Waals surface area contributed by atoms with E-state index in [0.29, 0.717) is 5.02 Å². The quantitative estimate of drug-likeness (QED) is 0.590. The van der Waals surface area contributed by atoms with Crippen LogP contribution < -0.4 is 5.32 Å². The van der Waals surface area contributed by atoms with Crippen LogP contribution in [0.25, 0.3) is 16.6 Å². The van der Waals surface area contributed by atoms with Crippen LogP contribution in [0.3, 0.4) is 0 Å². The summed E-state index contributed by atoms with van der Waals surface area (Å²) in [6.07, 6.45) is 4.06. The summed E-state index contributed by atoms with van der Waals surface area (Å²) in [5, 5.41) is 9.71. The first-order valence-corrected chi connectivity index (χ1v) is 7.71. The van der Waals surface area contributed by atoms with E-state index in [1.54, 1.807) is 0 Å². The van der Waals surface area contributed by atoms with E-state index >= 15 is 0 Å². The number of anilines is 2. The first-order chi connectivity index (χ1) is 11.2. The molecule has 0 fully saturated rings. The molecule has 0 radical (unpaired) electrons. The number of nitrogens with zero attached hydrogens (tertiary/aromatic N) is 3. The van der Waals surface area contributed by atoms with Gasteiger partial charge in [0.05, 0.1) is 5.52 Å². The van der Waals surface area contributed by atoms with Crippen LogP contribution >= 0.6 is 11.6 Å². The zero-order valence-electron chi connectivity index (χ0n) is 12.6. The van der Waals surface area contributed by atoms with Crippen LogP contribution in [0.5, 0.6) is 0 Å². The normalized spacial score (nSPS) is 11.0. The lowest BCUT2D eigenvalue weighted by Gasteiger charge is -2.06. The second kappa shape index (κ2) is 5.48. The molecule has 0 aliphatic carbocycles. The van der Waals surface area contributed by atoms with Crippen molar-refractivity contribution in [2.45, 2.75) is 0 Å². The molecule has 1 N–H and O–H groups in total. The molecule has 2 aromatic carbocycles. The van der Waals surface area contributed by atoms with Gasteiger partial charge >= 0.3 is 0 Å². The molecular formula is C18H15ClN4. The molecule has 0 atom stereocenters. The maximum atomic E-state index is 6.06. The summed E-state index contributed by atoms with van der Waals surface area (Å²) < 4.78 is 3.96. The van der Waals surface area contributed by atoms with Gasteiger partial charge < -0.3 is 9.88 Å². The Morgan fingerprint density at radius 3 is 2.61 bits per heavy atom. The summed E-state index contributed by atoms with van der Waals surface area (Å²) in [5.41, 5.74) is 3.10. The third-order valence-corrected chi connectivity index (χ3v) is 4.06. The molecule has 0 aliphatic rings. The molecule has 0 amide bonds. The van der Waals surface area contributed by atoms with Crippen LogP contribution in [-0.4, -0.2) is 14.3 Å². The van der Waals surface area contributed by atoms with Gasteiger partial charge in [0.25, 0.3) is 0 Å². The summed E-state index contributed by atoms with van der Waals surface area (Å²) in [5.74, 6) is 0.818. The predicted octanol–water partition coefficient (Wildman–Crippen LogP) is 4.76. The highest BCUT2D eigenvalue weighted by atomic mass is 35.5. The first kappa shape index (κ1) is 13.9. The van der Waals surface area contributed by atoms with Crippen LogP contribution in [-0.2, 0) is 7.05 Å². The molecule has 4 rings (SSSR count). The summed E-state index contributed by atoms with van der Waals surface area (Å²) in [4.78, 5) is 0. The molecule has 0 saturated carbocycles. The van der Waals surface area contributed by atoms with Crippen molar-refractivity contribution in [1.29, 1.82) is 0 Å². The van der Waals surface area contributed by atoms with Crippen molar-refractivity contribution in [3.63, 3.8) is 0 Å². The maximum absolute atomic E-state index is 6.06. The minimum absolute atomic E-state index is 0.697. The number of fused-ring (bicyclic) bond motifs is 1. The SMILES string of the molecule is Cn1nc(Nc2cccc(Cl)c2)c2cc(-n3cccc3)ccc21. The number of aryl methyl sites for hydroxylation is 1. The molecule has 2 heterocycles. The Kier molecular flexibility index (Phi) is 3.32. The molecule has 23 heavy (non-hydrogen) atoms. The summed E-state index contributed by atoms with van der Waals surface area (Å²) >= 11 is 6.06. The van der Waals surface area contributed by atoms with Gasteiger partial charge in [0.15, 0.2) is 5.82 Å². The van der Waals surface area contributed by atoms with Crippen LogP contribution in [0, 0.1) is 0 Å². The van der Waals surface area contributed by atoms with Crippen molar-refractivity contribution in [3.8, 4) is 5.69 Å². The highest BCUT2D eigenvalue weighted by Crippen LogP contribution is 2.28. The van der Waals surface area contributed by atoms with Crippen molar-refractivity contribution in [2.75, 3.05) is 5.32 Å². The van der Waals surface area contributed by atoms with E-state index in [2.05, 4.69) is 33.2 Å². The first-order valence-electron chi connectivity index (χ1n) is 7.33. The monoisotopic (exact) mass is 322 g/mol. The minimum Gasteiger partial charge on any atom is -0.338 e. The number of hydrogen-bond donors (Lipinski definition) is 1.